The van der Waals surface area contributed by atoms with Crippen LogP contribution >= 0.6 is 0 Å². The van der Waals surface area contributed by atoms with Crippen LogP contribution < -0.4 is 4.90 Å². The van der Waals surface area contributed by atoms with Crippen LogP contribution in [-0.4, -0.2) is 70.3 Å². The molecule has 0 unspecified atom stereocenters. The third-order valence-electron chi connectivity index (χ3n) is 6.79. The second-order valence-electron chi connectivity index (χ2n) is 10.4. The number of hydrogen-bond acceptors (Lipinski definition) is 7. The van der Waals surface area contributed by atoms with Gasteiger partial charge in [0.15, 0.2) is 0 Å². The van der Waals surface area contributed by atoms with Crippen LogP contribution in [0, 0.1) is 17.8 Å². The fourth-order valence-corrected chi connectivity index (χ4v) is 4.31. The lowest BCUT2D eigenvalue weighted by molar-refractivity contribution is -0.124. The Bertz CT molecular complexity index is 1210. The molecule has 8 nitrogen and oxygen atoms in total. The molecule has 2 aromatic carbocycles. The Kier molecular flexibility index (Phi) is 15.0. The number of nitrogens with zero attached hydrogens (tertiary/aromatic N) is 1. The van der Waals surface area contributed by atoms with E-state index in [1.807, 2.05) is 62.4 Å². The first-order chi connectivity index (χ1) is 20.5. The summed E-state index contributed by atoms with van der Waals surface area (Å²) in [4.78, 5) is 39.0. The van der Waals surface area contributed by atoms with Crippen LogP contribution in [0.25, 0.3) is 0 Å². The summed E-state index contributed by atoms with van der Waals surface area (Å²) in [6.45, 7) is 7.82. The molecule has 1 aliphatic rings. The average molecular weight is 578 g/mol. The molecule has 42 heavy (non-hydrogen) atoms. The zero-order valence-electron chi connectivity index (χ0n) is 24.9. The zero-order valence-corrected chi connectivity index (χ0v) is 24.9. The standard InChI is InChI=1S/C34H43NO7/c1-27(2)33(37)17-19-40-21-23-42-25-24-41-22-20-39-18-7-11-31(36)15-16-34(38)35-26-30-10-4-3-8-28(30)13-14-29-9-5-6-12-32(29)35/h3-6,8-10,12,27H,7,11,15-26H2,1-2H3. The number of fused-ring (bicyclic) bond motifs is 2. The monoisotopic (exact) mass is 577 g/mol. The van der Waals surface area contributed by atoms with Crippen molar-refractivity contribution in [2.24, 2.45) is 5.92 Å². The van der Waals surface area contributed by atoms with E-state index >= 15 is 0 Å². The van der Waals surface area contributed by atoms with Gasteiger partial charge in [-0.3, -0.25) is 14.4 Å². The van der Waals surface area contributed by atoms with Crippen LogP contribution in [0.2, 0.25) is 0 Å². The molecule has 1 amide bonds. The highest BCUT2D eigenvalue weighted by Gasteiger charge is 2.21. The van der Waals surface area contributed by atoms with Gasteiger partial charge in [0.1, 0.15) is 11.6 Å². The number of anilines is 1. The summed E-state index contributed by atoms with van der Waals surface area (Å²) in [5, 5.41) is 0. The van der Waals surface area contributed by atoms with Gasteiger partial charge in [-0.15, -0.1) is 0 Å². The van der Waals surface area contributed by atoms with E-state index in [2.05, 4.69) is 11.8 Å². The lowest BCUT2D eigenvalue weighted by Crippen LogP contribution is -2.32. The SMILES string of the molecule is CC(C)C(=O)CCOCCOCCOCCOCCCC(=O)CCC(=O)N1Cc2ccccc2C#Cc2ccccc21. The van der Waals surface area contributed by atoms with Crippen molar-refractivity contribution in [3.05, 3.63) is 65.2 Å². The molecule has 8 heteroatoms. The average Bonchev–Trinajstić information content (AvgIpc) is 2.98. The maximum absolute atomic E-state index is 13.2. The lowest BCUT2D eigenvalue weighted by atomic mass is 10.0. The summed E-state index contributed by atoms with van der Waals surface area (Å²) >= 11 is 0. The van der Waals surface area contributed by atoms with E-state index in [9.17, 15) is 14.4 Å². The van der Waals surface area contributed by atoms with Gasteiger partial charge in [0, 0.05) is 49.3 Å². The van der Waals surface area contributed by atoms with Gasteiger partial charge in [0.25, 0.3) is 0 Å². The minimum absolute atomic E-state index is 0.0468. The number of ether oxygens (including phenoxy) is 4. The maximum atomic E-state index is 13.2. The summed E-state index contributed by atoms with van der Waals surface area (Å²) in [7, 11) is 0. The second kappa shape index (κ2) is 19.0. The van der Waals surface area contributed by atoms with E-state index in [0.29, 0.717) is 78.7 Å². The van der Waals surface area contributed by atoms with Gasteiger partial charge in [0.2, 0.25) is 5.91 Å². The molecule has 0 spiro atoms. The Hall–Kier alpha value is -3.35. The smallest absolute Gasteiger partial charge is 0.227 e. The van der Waals surface area contributed by atoms with Crippen molar-refractivity contribution >= 4 is 23.2 Å². The minimum atomic E-state index is -0.0858. The van der Waals surface area contributed by atoms with Crippen molar-refractivity contribution in [1.82, 2.24) is 0 Å². The number of carbonyl (C=O) groups is 3. The predicted octanol–water partition coefficient (Wildman–Crippen LogP) is 4.74. The molecule has 0 saturated heterocycles. The highest BCUT2D eigenvalue weighted by molar-refractivity contribution is 5.97. The molecule has 2 aromatic rings. The van der Waals surface area contributed by atoms with Crippen LogP contribution in [0.3, 0.4) is 0 Å². The fraction of sp³-hybridized carbons (Fsp3) is 0.500. The third kappa shape index (κ3) is 11.9. The van der Waals surface area contributed by atoms with Crippen LogP contribution in [-0.2, 0) is 39.9 Å². The molecule has 0 bridgehead atoms. The summed E-state index contributed by atoms with van der Waals surface area (Å²) in [6.07, 6.45) is 1.78. The van der Waals surface area contributed by atoms with Crippen LogP contribution in [0.1, 0.15) is 62.6 Å². The summed E-state index contributed by atoms with van der Waals surface area (Å²) in [6, 6.07) is 15.5. The molecule has 3 rings (SSSR count). The van der Waals surface area contributed by atoms with Crippen LogP contribution in [0.15, 0.2) is 48.5 Å². The Labute approximate surface area is 249 Å². The van der Waals surface area contributed by atoms with Gasteiger partial charge in [-0.05, 0) is 30.2 Å². The number of carbonyl (C=O) groups excluding carboxylic acids is 3. The van der Waals surface area contributed by atoms with Gasteiger partial charge >= 0.3 is 0 Å². The molecule has 0 aliphatic carbocycles. The number of hydrogen-bond donors (Lipinski definition) is 0. The van der Waals surface area contributed by atoms with Gasteiger partial charge in [-0.1, -0.05) is 56.0 Å². The van der Waals surface area contributed by atoms with E-state index in [1.54, 1.807) is 4.90 Å². The molecule has 0 aromatic heterocycles. The van der Waals surface area contributed by atoms with Crippen molar-refractivity contribution in [1.29, 1.82) is 0 Å². The van der Waals surface area contributed by atoms with Crippen LogP contribution in [0.4, 0.5) is 5.69 Å². The molecule has 1 heterocycles. The number of rotatable bonds is 20. The topological polar surface area (TPSA) is 91.4 Å². The Balaban J connectivity index is 1.22. The Morgan fingerprint density at radius 1 is 0.690 bits per heavy atom. The van der Waals surface area contributed by atoms with Crippen molar-refractivity contribution in [2.45, 2.75) is 52.5 Å². The van der Waals surface area contributed by atoms with Gasteiger partial charge in [0.05, 0.1) is 58.5 Å². The summed E-state index contributed by atoms with van der Waals surface area (Å²) < 4.78 is 21.9. The largest absolute Gasteiger partial charge is 0.379 e. The summed E-state index contributed by atoms with van der Waals surface area (Å²) in [5.74, 6) is 6.63. The molecule has 0 fully saturated rings. The lowest BCUT2D eigenvalue weighted by Gasteiger charge is -2.26. The number of amides is 1. The molecule has 0 radical (unpaired) electrons. The molecular weight excluding hydrogens is 534 g/mol. The van der Waals surface area contributed by atoms with Crippen molar-refractivity contribution < 1.29 is 33.3 Å². The number of ketones is 2. The summed E-state index contributed by atoms with van der Waals surface area (Å²) in [5.41, 5.74) is 3.48. The van der Waals surface area contributed by atoms with E-state index < -0.39 is 0 Å². The van der Waals surface area contributed by atoms with E-state index in [0.717, 1.165) is 22.4 Å². The van der Waals surface area contributed by atoms with E-state index in [-0.39, 0.29) is 36.2 Å². The van der Waals surface area contributed by atoms with Crippen molar-refractivity contribution in [3.63, 3.8) is 0 Å². The molecular formula is C34H43NO7. The van der Waals surface area contributed by atoms with Gasteiger partial charge in [-0.25, -0.2) is 0 Å². The molecule has 226 valence electrons. The van der Waals surface area contributed by atoms with Crippen LogP contribution in [0.5, 0.6) is 0 Å². The quantitative estimate of drug-likeness (QED) is 0.166. The number of benzene rings is 2. The molecule has 0 saturated carbocycles. The second-order valence-corrected chi connectivity index (χ2v) is 10.4. The maximum Gasteiger partial charge on any atom is 0.227 e. The highest BCUT2D eigenvalue weighted by Crippen LogP contribution is 2.26. The molecule has 0 N–H and O–H groups in total. The number of para-hydroxylation sites is 1. The third-order valence-corrected chi connectivity index (χ3v) is 6.79. The van der Waals surface area contributed by atoms with E-state index in [1.165, 1.54) is 0 Å². The first-order valence-corrected chi connectivity index (χ1v) is 14.8. The molecule has 0 atom stereocenters. The normalized spacial score (nSPS) is 12.1. The van der Waals surface area contributed by atoms with E-state index in [4.69, 9.17) is 18.9 Å². The minimum Gasteiger partial charge on any atom is -0.379 e. The van der Waals surface area contributed by atoms with Crippen molar-refractivity contribution in [3.8, 4) is 11.8 Å². The fourth-order valence-electron chi connectivity index (χ4n) is 4.31. The van der Waals surface area contributed by atoms with Crippen molar-refractivity contribution in [2.75, 3.05) is 57.8 Å². The molecule has 1 aliphatic heterocycles. The Morgan fingerprint density at radius 2 is 1.26 bits per heavy atom. The Morgan fingerprint density at radius 3 is 1.95 bits per heavy atom. The predicted molar refractivity (Wildman–Crippen MR) is 161 cm³/mol. The van der Waals surface area contributed by atoms with Gasteiger partial charge < -0.3 is 23.8 Å². The first-order valence-electron chi connectivity index (χ1n) is 14.8. The zero-order chi connectivity index (χ0) is 30.0. The van der Waals surface area contributed by atoms with Gasteiger partial charge in [-0.2, -0.15) is 0 Å². The highest BCUT2D eigenvalue weighted by atomic mass is 16.6. The number of Topliss-reactive ketones (excluding diaryl/α,β-unsaturated/α-hetero) is 2. The first kappa shape index (κ1) is 33.2.